The number of hydrogen-bond donors (Lipinski definition) is 22. The van der Waals surface area contributed by atoms with Crippen molar-refractivity contribution >= 4 is 196 Å². The number of unbranched alkanes of at least 4 members (excludes halogenated alkanes) is 2. The first-order chi connectivity index (χ1) is 71.0. The molecule has 0 bridgehead atoms. The predicted octanol–water partition coefficient (Wildman–Crippen LogP) is -4.06. The van der Waals surface area contributed by atoms with Crippen molar-refractivity contribution in [3.8, 4) is 0 Å². The van der Waals surface area contributed by atoms with Crippen molar-refractivity contribution in [3.05, 3.63) is 23.8 Å². The molecule has 0 aromatic carbocycles. The molecule has 54 nitrogen and oxygen atoms in total. The molecule has 58 heteroatoms. The van der Waals surface area contributed by atoms with Gasteiger partial charge in [0.25, 0.3) is 0 Å². The second kappa shape index (κ2) is 66.6. The van der Waals surface area contributed by atoms with Gasteiger partial charge < -0.3 is 119 Å². The summed E-state index contributed by atoms with van der Waals surface area (Å²) in [4.78, 5) is 328. The first-order valence-electron chi connectivity index (χ1n) is 49.4. The number of aliphatic carboxylic acids is 4. The van der Waals surface area contributed by atoms with Crippen molar-refractivity contribution in [2.24, 2.45) is 79.9 Å². The maximum atomic E-state index is 14.2. The molecule has 2 saturated heterocycles. The molecule has 2 saturated carbocycles. The van der Waals surface area contributed by atoms with Crippen molar-refractivity contribution in [2.45, 2.75) is 292 Å². The zero-order chi connectivity index (χ0) is 112. The second-order valence-corrected chi connectivity index (χ2v) is 42.5. The number of rotatable bonds is 34. The van der Waals surface area contributed by atoms with Crippen LogP contribution in [0.2, 0.25) is 0 Å². The standard InChI is InChI=1S/2C46H71N13O14S2/c1-24(2)59-22-27(57-58-59)18-38(64)54-33-23-74-75-37(25(3)60)20-51-42(70)26(17-40(66)67)16-36(63)29-9-6-8-28(29)34(61)12-13-35(62)30(10-4-5-14-47)55-44(72)32(19-41(68)69)53-39(65)21-52-43(71)31(56-45(33)73)11-7-15-50-46(48)49;1-24(2)59-27(20-53-58-59)18-38(64)55-33-23-74-75-37(25(3)60)21-51-42(70)26(17-40(66)67)16-36(63)29-9-6-8-28(29)34(61)12-13-35(62)30(10-4-5-14-47)56-44(72)32(19-41(68)69)54-39(65)22-52-43(71)31(57-45(33)73)11-7-15-50-46(48)49/h22,24,26,28-33,37H,4-21,23,47H2,1-3H3,(H,51,70)(H,52,71)(H,53,65)(H,54,64)(H,55,72)(H,56,73)(H,66,67)(H,68,69)(H4,48,49,50);20,24,26,28-33,37H,4-19,21-23,47H2,1-3H3,(H,51,70)(H,52,71)(H,54,65)(H,55,64)(H,56,72)(H,57,73)(H,66,67)(H,68,69)(H4,48,49,50)/t2*26-,28?,29+,30-,31-,32-,33-,37+/m00/s1. The third-order valence-electron chi connectivity index (χ3n) is 24.6. The zero-order valence-corrected chi connectivity index (χ0v) is 87.9. The Kier molecular flexibility index (Phi) is 56.6. The van der Waals surface area contributed by atoms with Crippen LogP contribution in [-0.4, -0.2) is 326 Å². The number of nitrogens with zero attached hydrogens (tertiary/aromatic N) is 8. The van der Waals surface area contributed by atoms with Gasteiger partial charge in [0.15, 0.2) is 23.5 Å². The number of Topliss-reactive ketones (excluding diaryl/α,β-unsaturated/α-hetero) is 8. The smallest absolute Gasteiger partial charge is 0.305 e. The predicted molar refractivity (Wildman–Crippen MR) is 546 cm³/mol. The summed E-state index contributed by atoms with van der Waals surface area (Å²) < 4.78 is 3.02. The number of aliphatic imine (C=N–C) groups is 2. The van der Waals surface area contributed by atoms with E-state index in [-0.39, 0.29) is 183 Å². The Bertz CT molecular complexity index is 5130. The molecule has 4 heterocycles. The van der Waals surface area contributed by atoms with Gasteiger partial charge >= 0.3 is 23.9 Å². The van der Waals surface area contributed by atoms with E-state index in [9.17, 15) is 135 Å². The lowest BCUT2D eigenvalue weighted by Gasteiger charge is -2.24. The summed E-state index contributed by atoms with van der Waals surface area (Å²) in [5.74, 6) is -27.9. The molecule has 2 unspecified atom stereocenters. The van der Waals surface area contributed by atoms with E-state index in [0.717, 1.165) is 43.2 Å². The van der Waals surface area contributed by atoms with E-state index in [0.29, 0.717) is 44.2 Å². The highest BCUT2D eigenvalue weighted by atomic mass is 33.1. The minimum absolute atomic E-state index is 0.00155. The van der Waals surface area contributed by atoms with Crippen LogP contribution in [0.15, 0.2) is 22.4 Å². The van der Waals surface area contributed by atoms with Gasteiger partial charge in [-0.2, -0.15) is 0 Å². The average Bonchev–Trinajstić information content (AvgIpc) is 1.69. The summed E-state index contributed by atoms with van der Waals surface area (Å²) >= 11 is 0. The van der Waals surface area contributed by atoms with Crippen LogP contribution in [0.5, 0.6) is 0 Å². The third-order valence-corrected chi connectivity index (χ3v) is 30.3. The molecule has 6 rings (SSSR count). The van der Waals surface area contributed by atoms with Crippen LogP contribution in [0.3, 0.4) is 0 Å². The second-order valence-electron chi connectivity index (χ2n) is 37.3. The minimum atomic E-state index is -1.76. The number of aromatic nitrogens is 6. The molecule has 2 aliphatic carbocycles. The van der Waals surface area contributed by atoms with Crippen molar-refractivity contribution in [1.29, 1.82) is 0 Å². The van der Waals surface area contributed by atoms with Crippen LogP contribution in [-0.2, 0) is 128 Å². The number of amides is 12. The Morgan fingerprint density at radius 2 is 0.807 bits per heavy atom. The van der Waals surface area contributed by atoms with Crippen LogP contribution < -0.4 is 98.2 Å². The molecule has 12 amide bonds. The molecule has 0 radical (unpaired) electrons. The van der Waals surface area contributed by atoms with Crippen LogP contribution in [0.4, 0.5) is 0 Å². The van der Waals surface area contributed by atoms with Gasteiger partial charge in [-0.1, -0.05) is 66.4 Å². The molecule has 16 atom stereocenters. The van der Waals surface area contributed by atoms with E-state index >= 15 is 0 Å². The van der Waals surface area contributed by atoms with Gasteiger partial charge in [-0.3, -0.25) is 125 Å². The van der Waals surface area contributed by atoms with E-state index in [1.54, 1.807) is 6.20 Å². The largest absolute Gasteiger partial charge is 0.481 e. The number of hydrogen-bond acceptors (Lipinski definition) is 36. The summed E-state index contributed by atoms with van der Waals surface area (Å²) in [6, 6.07) is -12.0. The van der Waals surface area contributed by atoms with Crippen molar-refractivity contribution in [1.82, 2.24) is 93.8 Å². The first-order valence-corrected chi connectivity index (χ1v) is 54.2. The number of ketones is 8. The fourth-order valence-electron chi connectivity index (χ4n) is 16.7. The summed E-state index contributed by atoms with van der Waals surface area (Å²) in [6.45, 7) is 7.94. The van der Waals surface area contributed by atoms with Crippen molar-refractivity contribution < 1.29 is 135 Å². The van der Waals surface area contributed by atoms with Gasteiger partial charge in [-0.25, -0.2) is 9.36 Å². The fourth-order valence-corrected chi connectivity index (χ4v) is 22.0. The van der Waals surface area contributed by atoms with Gasteiger partial charge in [0.2, 0.25) is 70.9 Å². The zero-order valence-electron chi connectivity index (χ0n) is 84.7. The molecule has 150 heavy (non-hydrogen) atoms. The molecule has 2 aromatic heterocycles. The SMILES string of the molecule is CC(=O)[C@H]1CNC(=O)[C@H](CC(=O)O)CC(=O)[C@@H]2CCCC2C(=O)CCC(=O)[C@H](CCCCN)NC(=O)[C@H](CC(=O)O)NC(=O)CNC(=O)[C@H](CCCN=C(N)N)NC(=O)[C@@H](NC(=O)Cc2cn(C(C)C)nn2)CSS1.CC(=O)[C@H]1CNC(=O)[C@H](CC(=O)O)CC(=O)[C@@H]2CCCC2C(=O)CCC(=O)[C@H](CCCCN)NC(=O)[C@H](CC(=O)O)NC(=O)CNC(=O)[C@H](CCCN=C(N)N)NC(=O)[C@@H](NC(=O)Cc2cnnn2C(C)C)CSS1. The van der Waals surface area contributed by atoms with Crippen LogP contribution >= 0.6 is 43.2 Å². The lowest BCUT2D eigenvalue weighted by molar-refractivity contribution is -0.143. The molecular weight excluding hydrogens is 2050 g/mol. The number of carboxylic acids is 4. The highest BCUT2D eigenvalue weighted by Gasteiger charge is 2.44. The maximum absolute atomic E-state index is 14.2. The Balaban J connectivity index is 0.000000527. The van der Waals surface area contributed by atoms with Gasteiger partial charge in [-0.15, -0.1) is 10.2 Å². The third kappa shape index (κ3) is 46.6. The lowest BCUT2D eigenvalue weighted by atomic mass is 9.82. The molecule has 2 aromatic rings. The molecule has 832 valence electrons. The first kappa shape index (κ1) is 127. The van der Waals surface area contributed by atoms with E-state index in [4.69, 9.17) is 34.4 Å². The summed E-state index contributed by atoms with van der Waals surface area (Å²) in [5, 5.41) is 82.5. The van der Waals surface area contributed by atoms with E-state index in [1.807, 2.05) is 27.7 Å². The van der Waals surface area contributed by atoms with Crippen LogP contribution in [0, 0.1) is 35.5 Å². The van der Waals surface area contributed by atoms with Crippen molar-refractivity contribution in [2.75, 3.05) is 63.9 Å². The van der Waals surface area contributed by atoms with Crippen molar-refractivity contribution in [3.63, 3.8) is 0 Å². The number of carboxylic acid groups (broad SMARTS) is 4. The highest BCUT2D eigenvalue weighted by molar-refractivity contribution is 8.77. The van der Waals surface area contributed by atoms with Crippen LogP contribution in [0.25, 0.3) is 0 Å². The topological polar surface area (TPSA) is 877 Å². The Morgan fingerprint density at radius 1 is 0.433 bits per heavy atom. The monoisotopic (exact) mass is 2190 g/mol. The molecule has 2 aliphatic heterocycles. The van der Waals surface area contributed by atoms with Gasteiger partial charge in [0.05, 0.1) is 104 Å². The quantitative estimate of drug-likeness (QED) is 0.0137. The maximum Gasteiger partial charge on any atom is 0.305 e. The fraction of sp³-hybridized carbons (Fsp3) is 0.674. The molecular formula is C92H142N26O28S4. The number of nitrogens with one attached hydrogen (secondary N) is 12. The average molecular weight is 2190 g/mol. The number of fused-ring (bicyclic) bond motifs is 2. The van der Waals surface area contributed by atoms with E-state index < -0.39 is 287 Å². The number of nitrogens with two attached hydrogens (primary N) is 6. The van der Waals surface area contributed by atoms with Gasteiger partial charge in [-0.05, 0) is 145 Å². The van der Waals surface area contributed by atoms with E-state index in [2.05, 4.69) is 94.4 Å². The summed E-state index contributed by atoms with van der Waals surface area (Å²) in [7, 11) is 3.73. The van der Waals surface area contributed by atoms with Crippen LogP contribution in [0.1, 0.15) is 232 Å². The number of carbonyl (C=O) groups is 24. The Labute approximate surface area is 880 Å². The molecule has 4 aliphatic rings. The minimum Gasteiger partial charge on any atom is -0.481 e. The van der Waals surface area contributed by atoms with Gasteiger partial charge in [0, 0.05) is 118 Å². The molecule has 0 spiro atoms. The Morgan fingerprint density at radius 3 is 1.17 bits per heavy atom. The van der Waals surface area contributed by atoms with E-state index in [1.165, 1.54) is 29.4 Å². The molecule has 28 N–H and O–H groups in total. The highest BCUT2D eigenvalue weighted by Crippen LogP contribution is 2.39. The lowest BCUT2D eigenvalue weighted by Crippen LogP contribution is -2.56. The summed E-state index contributed by atoms with van der Waals surface area (Å²) in [5.41, 5.74) is 33.9. The number of guanidine groups is 2. The molecule has 4 fully saturated rings. The Hall–Kier alpha value is -13.0. The number of carbonyl (C=O) groups excluding carboxylic acids is 20. The van der Waals surface area contributed by atoms with Gasteiger partial charge in [0.1, 0.15) is 71.0 Å². The summed E-state index contributed by atoms with van der Waals surface area (Å²) in [6.07, 6.45) is -0.0543. The normalized spacial score (nSPS) is 24.7.